The van der Waals surface area contributed by atoms with Crippen LogP contribution in [0.3, 0.4) is 0 Å². The summed E-state index contributed by atoms with van der Waals surface area (Å²) in [4.78, 5) is 0. The van der Waals surface area contributed by atoms with Crippen LogP contribution in [0.15, 0.2) is 22.7 Å². The third kappa shape index (κ3) is 2.79. The lowest BCUT2D eigenvalue weighted by molar-refractivity contribution is 0.203. The maximum Gasteiger partial charge on any atom is 0.145 e. The van der Waals surface area contributed by atoms with Crippen molar-refractivity contribution >= 4 is 15.9 Å². The van der Waals surface area contributed by atoms with Gasteiger partial charge in [0.15, 0.2) is 0 Å². The molecular weight excluding hydrogens is 257 g/mol. The van der Waals surface area contributed by atoms with Crippen molar-refractivity contribution in [2.45, 2.75) is 32.4 Å². The Labute approximate surface area is 99.0 Å². The van der Waals surface area contributed by atoms with E-state index < -0.39 is 5.67 Å². The molecule has 0 aromatic heterocycles. The van der Waals surface area contributed by atoms with Gasteiger partial charge in [0.05, 0.1) is 0 Å². The smallest absolute Gasteiger partial charge is 0.145 e. The minimum absolute atomic E-state index is 0.000462. The van der Waals surface area contributed by atoms with E-state index in [1.807, 2.05) is 18.2 Å². The Balaban J connectivity index is 3.12. The molecule has 0 amide bonds. The van der Waals surface area contributed by atoms with E-state index in [4.69, 9.17) is 5.73 Å². The average molecular weight is 274 g/mol. The summed E-state index contributed by atoms with van der Waals surface area (Å²) in [6.45, 7) is 5.72. The van der Waals surface area contributed by atoms with Crippen LogP contribution < -0.4 is 5.73 Å². The molecule has 0 radical (unpaired) electrons. The van der Waals surface area contributed by atoms with E-state index in [0.717, 1.165) is 4.47 Å². The molecule has 15 heavy (non-hydrogen) atoms. The van der Waals surface area contributed by atoms with Gasteiger partial charge in [-0.25, -0.2) is 4.39 Å². The molecule has 1 atom stereocenters. The van der Waals surface area contributed by atoms with Crippen LogP contribution in [0.4, 0.5) is 4.39 Å². The zero-order chi connectivity index (χ0) is 11.6. The van der Waals surface area contributed by atoms with E-state index in [0.29, 0.717) is 11.5 Å². The molecule has 1 rings (SSSR count). The lowest BCUT2D eigenvalue weighted by Crippen LogP contribution is -2.26. The van der Waals surface area contributed by atoms with Crippen LogP contribution in [-0.2, 0) is 5.67 Å². The Morgan fingerprint density at radius 3 is 2.47 bits per heavy atom. The lowest BCUT2D eigenvalue weighted by Gasteiger charge is -2.20. The van der Waals surface area contributed by atoms with E-state index >= 15 is 0 Å². The van der Waals surface area contributed by atoms with Crippen LogP contribution in [0.1, 0.15) is 37.8 Å². The summed E-state index contributed by atoms with van der Waals surface area (Å²) in [6.07, 6.45) is 0. The van der Waals surface area contributed by atoms with Crippen molar-refractivity contribution in [3.05, 3.63) is 33.8 Å². The first-order valence-corrected chi connectivity index (χ1v) is 5.86. The number of rotatable bonds is 3. The van der Waals surface area contributed by atoms with E-state index in [1.54, 1.807) is 0 Å². The van der Waals surface area contributed by atoms with Gasteiger partial charge in [0.1, 0.15) is 5.67 Å². The molecule has 0 aliphatic heterocycles. The second kappa shape index (κ2) is 4.62. The van der Waals surface area contributed by atoms with Gasteiger partial charge in [-0.2, -0.15) is 0 Å². The number of halogens is 2. The van der Waals surface area contributed by atoms with Gasteiger partial charge in [-0.3, -0.25) is 0 Å². The molecule has 0 fully saturated rings. The van der Waals surface area contributed by atoms with Gasteiger partial charge in [0.25, 0.3) is 0 Å². The molecule has 0 aliphatic rings. The van der Waals surface area contributed by atoms with Gasteiger partial charge in [0, 0.05) is 11.0 Å². The van der Waals surface area contributed by atoms with Crippen LogP contribution in [0.2, 0.25) is 0 Å². The summed E-state index contributed by atoms with van der Waals surface area (Å²) in [7, 11) is 0. The normalized spacial score (nSPS) is 15.4. The minimum Gasteiger partial charge on any atom is -0.327 e. The van der Waals surface area contributed by atoms with Gasteiger partial charge in [-0.1, -0.05) is 41.9 Å². The van der Waals surface area contributed by atoms with Crippen molar-refractivity contribution in [2.24, 2.45) is 5.73 Å². The number of hydrogen-bond donors (Lipinski definition) is 1. The summed E-state index contributed by atoms with van der Waals surface area (Å²) in [6, 6.07) is 5.59. The first-order chi connectivity index (χ1) is 6.88. The topological polar surface area (TPSA) is 26.0 Å². The maximum absolute atomic E-state index is 13.9. The second-order valence-electron chi connectivity index (χ2n) is 4.29. The monoisotopic (exact) mass is 273 g/mol. The molecule has 1 aromatic carbocycles. The minimum atomic E-state index is -1.45. The largest absolute Gasteiger partial charge is 0.327 e. The van der Waals surface area contributed by atoms with Crippen LogP contribution >= 0.6 is 15.9 Å². The molecule has 0 aliphatic carbocycles. The highest BCUT2D eigenvalue weighted by Crippen LogP contribution is 2.31. The Morgan fingerprint density at radius 2 is 2.07 bits per heavy atom. The Kier molecular flexibility index (Phi) is 3.90. The summed E-state index contributed by atoms with van der Waals surface area (Å²) in [5.41, 5.74) is 5.76. The van der Waals surface area contributed by atoms with E-state index in [9.17, 15) is 4.39 Å². The number of hydrogen-bond acceptors (Lipinski definition) is 1. The van der Waals surface area contributed by atoms with Crippen molar-refractivity contribution in [3.63, 3.8) is 0 Å². The Bertz CT molecular complexity index is 347. The van der Waals surface area contributed by atoms with Crippen molar-refractivity contribution in [2.75, 3.05) is 6.54 Å². The van der Waals surface area contributed by atoms with Gasteiger partial charge in [0.2, 0.25) is 0 Å². The third-order valence-corrected chi connectivity index (χ3v) is 3.29. The second-order valence-corrected chi connectivity index (χ2v) is 5.15. The fourth-order valence-electron chi connectivity index (χ4n) is 1.44. The SMILES string of the molecule is CC(C)c1ccc(C(C)(F)CN)cc1Br. The van der Waals surface area contributed by atoms with Crippen LogP contribution in [0.5, 0.6) is 0 Å². The summed E-state index contributed by atoms with van der Waals surface area (Å²) in [5.74, 6) is 0.428. The fraction of sp³-hybridized carbons (Fsp3) is 0.500. The molecule has 0 heterocycles. The predicted molar refractivity (Wildman–Crippen MR) is 65.7 cm³/mol. The Morgan fingerprint density at radius 1 is 1.47 bits per heavy atom. The van der Waals surface area contributed by atoms with Gasteiger partial charge in [-0.15, -0.1) is 0 Å². The summed E-state index contributed by atoms with van der Waals surface area (Å²) < 4.78 is 14.9. The fourth-order valence-corrected chi connectivity index (χ4v) is 2.27. The van der Waals surface area contributed by atoms with Crippen molar-refractivity contribution < 1.29 is 4.39 Å². The number of alkyl halides is 1. The average Bonchev–Trinajstić information content (AvgIpc) is 2.17. The lowest BCUT2D eigenvalue weighted by atomic mass is 9.94. The molecule has 0 spiro atoms. The van der Waals surface area contributed by atoms with Crippen molar-refractivity contribution in [3.8, 4) is 0 Å². The molecule has 84 valence electrons. The van der Waals surface area contributed by atoms with Gasteiger partial charge in [-0.05, 0) is 30.0 Å². The first-order valence-electron chi connectivity index (χ1n) is 5.07. The quantitative estimate of drug-likeness (QED) is 0.893. The van der Waals surface area contributed by atoms with Crippen LogP contribution in [0.25, 0.3) is 0 Å². The molecule has 0 saturated carbocycles. The zero-order valence-corrected chi connectivity index (χ0v) is 10.9. The third-order valence-electron chi connectivity index (χ3n) is 2.61. The highest BCUT2D eigenvalue weighted by molar-refractivity contribution is 9.10. The summed E-state index contributed by atoms with van der Waals surface area (Å²) in [5, 5.41) is 0. The standard InChI is InChI=1S/C12H17BrFN/c1-8(2)10-5-4-9(6-11(10)13)12(3,14)7-15/h4-6,8H,7,15H2,1-3H3. The van der Waals surface area contributed by atoms with Gasteiger partial charge < -0.3 is 5.73 Å². The van der Waals surface area contributed by atoms with E-state index in [1.165, 1.54) is 12.5 Å². The van der Waals surface area contributed by atoms with Crippen LogP contribution in [0, 0.1) is 0 Å². The predicted octanol–water partition coefficient (Wildman–Crippen LogP) is 3.72. The van der Waals surface area contributed by atoms with Crippen molar-refractivity contribution in [1.82, 2.24) is 0 Å². The molecule has 1 unspecified atom stereocenters. The highest BCUT2D eigenvalue weighted by Gasteiger charge is 2.24. The zero-order valence-electron chi connectivity index (χ0n) is 9.35. The molecule has 1 nitrogen and oxygen atoms in total. The van der Waals surface area contributed by atoms with Crippen LogP contribution in [-0.4, -0.2) is 6.54 Å². The van der Waals surface area contributed by atoms with Crippen molar-refractivity contribution in [1.29, 1.82) is 0 Å². The molecular formula is C12H17BrFN. The van der Waals surface area contributed by atoms with E-state index in [2.05, 4.69) is 29.8 Å². The highest BCUT2D eigenvalue weighted by atomic mass is 79.9. The summed E-state index contributed by atoms with van der Waals surface area (Å²) >= 11 is 3.46. The van der Waals surface area contributed by atoms with Gasteiger partial charge >= 0.3 is 0 Å². The van der Waals surface area contributed by atoms with E-state index in [-0.39, 0.29) is 6.54 Å². The number of benzene rings is 1. The first kappa shape index (κ1) is 12.7. The molecule has 2 N–H and O–H groups in total. The molecule has 1 aromatic rings. The molecule has 0 saturated heterocycles. The Hall–Kier alpha value is -0.410. The maximum atomic E-state index is 13.9. The molecule has 0 bridgehead atoms. The molecule has 3 heteroatoms. The number of nitrogens with two attached hydrogens (primary N) is 1.